The third-order valence-corrected chi connectivity index (χ3v) is 12.1. The van der Waals surface area contributed by atoms with Crippen molar-refractivity contribution >= 4 is 5.97 Å². The van der Waals surface area contributed by atoms with Crippen molar-refractivity contribution in [2.24, 2.45) is 17.8 Å². The second-order valence-corrected chi connectivity index (χ2v) is 16.2. The maximum absolute atomic E-state index is 14.1. The Morgan fingerprint density at radius 3 is 2.04 bits per heavy atom. The zero-order valence-corrected chi connectivity index (χ0v) is 33.5. The molecule has 0 aliphatic carbocycles. The lowest BCUT2D eigenvalue weighted by Crippen LogP contribution is -2.61. The molecule has 3 aliphatic rings. The molecular formula is C37H70N2O12. The Morgan fingerprint density at radius 2 is 1.49 bits per heavy atom. The molecule has 3 saturated heterocycles. The van der Waals surface area contributed by atoms with E-state index in [1.54, 1.807) is 41.7 Å². The van der Waals surface area contributed by atoms with Crippen LogP contribution in [0.2, 0.25) is 0 Å². The van der Waals surface area contributed by atoms with Crippen molar-refractivity contribution in [1.82, 2.24) is 9.96 Å². The molecule has 3 aliphatic heterocycles. The van der Waals surface area contributed by atoms with Gasteiger partial charge in [0.15, 0.2) is 12.6 Å². The summed E-state index contributed by atoms with van der Waals surface area (Å²) in [5.41, 5.74) is -2.12. The van der Waals surface area contributed by atoms with E-state index in [2.05, 4.69) is 0 Å². The van der Waals surface area contributed by atoms with Crippen LogP contribution in [0.5, 0.6) is 0 Å². The van der Waals surface area contributed by atoms with Gasteiger partial charge in [-0.15, -0.1) is 0 Å². The number of methoxy groups -OCH3 is 2. The first-order valence-corrected chi connectivity index (χ1v) is 18.8. The molecule has 14 nitrogen and oxygen atoms in total. The Hall–Kier alpha value is -1.01. The first-order chi connectivity index (χ1) is 23.7. The molecule has 4 N–H and O–H groups in total. The average molecular weight is 735 g/mol. The van der Waals surface area contributed by atoms with E-state index in [0.29, 0.717) is 12.8 Å². The average Bonchev–Trinajstić information content (AvgIpc) is 3.09. The SMILES string of the molecule is CC[C@H]1OC(=O)[C@H](C)[C@@H](O[C@H]2C[C@@](C)(OC)[C@@H](O)[C@H](C)O2)[C@H](C)[C@@H](O[C@@H]2O[C@H](C)C[C@H](N(C)C)[C@H]2O)[C@@](C)(OC)C[C@@H](C)[C@H](O)[C@H](C)N(O)C1C. The van der Waals surface area contributed by atoms with Gasteiger partial charge < -0.3 is 58.6 Å². The molecule has 1 unspecified atom stereocenters. The minimum atomic E-state index is -1.14. The predicted octanol–water partition coefficient (Wildman–Crippen LogP) is 2.95. The number of hydrogen-bond donors (Lipinski definition) is 4. The second-order valence-electron chi connectivity index (χ2n) is 16.2. The maximum atomic E-state index is 14.1. The highest BCUT2D eigenvalue weighted by molar-refractivity contribution is 5.73. The maximum Gasteiger partial charge on any atom is 0.311 e. The van der Waals surface area contributed by atoms with Gasteiger partial charge >= 0.3 is 5.97 Å². The van der Waals surface area contributed by atoms with Crippen molar-refractivity contribution in [2.75, 3.05) is 28.3 Å². The zero-order valence-electron chi connectivity index (χ0n) is 33.5. The van der Waals surface area contributed by atoms with Crippen molar-refractivity contribution < 1.29 is 58.5 Å². The molecular weight excluding hydrogens is 664 g/mol. The number of hydrogen-bond acceptors (Lipinski definition) is 14. The van der Waals surface area contributed by atoms with Gasteiger partial charge in [0.1, 0.15) is 18.3 Å². The Balaban J connectivity index is 2.19. The summed E-state index contributed by atoms with van der Waals surface area (Å²) >= 11 is 0. The molecule has 0 bridgehead atoms. The minimum absolute atomic E-state index is 0.175. The van der Waals surface area contributed by atoms with E-state index in [9.17, 15) is 25.3 Å². The number of rotatable bonds is 8. The number of esters is 1. The van der Waals surface area contributed by atoms with E-state index in [1.165, 1.54) is 7.11 Å². The number of aliphatic hydroxyl groups excluding tert-OH is 3. The monoisotopic (exact) mass is 734 g/mol. The molecule has 3 heterocycles. The van der Waals surface area contributed by atoms with Crippen molar-refractivity contribution in [3.63, 3.8) is 0 Å². The van der Waals surface area contributed by atoms with Gasteiger partial charge in [-0.25, -0.2) is 0 Å². The summed E-state index contributed by atoms with van der Waals surface area (Å²) in [6, 6.07) is -1.59. The first kappa shape index (κ1) is 44.4. The van der Waals surface area contributed by atoms with Crippen LogP contribution in [0.3, 0.4) is 0 Å². The number of ether oxygens (including phenoxy) is 7. The van der Waals surface area contributed by atoms with Crippen LogP contribution >= 0.6 is 0 Å². The van der Waals surface area contributed by atoms with Crippen molar-refractivity contribution in [1.29, 1.82) is 0 Å². The third kappa shape index (κ3) is 9.81. The first-order valence-electron chi connectivity index (χ1n) is 18.8. The van der Waals surface area contributed by atoms with E-state index < -0.39 is 102 Å². The number of hydroxylamine groups is 2. The number of likely N-dealkylation sites (N-methyl/N-ethyl adjacent to an activating group) is 1. The highest BCUT2D eigenvalue weighted by atomic mass is 16.7. The Kier molecular flexibility index (Phi) is 15.7. The smallest absolute Gasteiger partial charge is 0.311 e. The minimum Gasteiger partial charge on any atom is -0.460 e. The molecule has 3 fully saturated rings. The van der Waals surface area contributed by atoms with E-state index in [1.807, 2.05) is 53.6 Å². The third-order valence-electron chi connectivity index (χ3n) is 12.1. The fraction of sp³-hybridized carbons (Fsp3) is 0.973. The summed E-state index contributed by atoms with van der Waals surface area (Å²) in [7, 11) is 6.90. The van der Waals surface area contributed by atoms with Gasteiger partial charge in [-0.2, -0.15) is 5.06 Å². The zero-order chi connectivity index (χ0) is 38.7. The van der Waals surface area contributed by atoms with E-state index in [-0.39, 0.29) is 25.0 Å². The van der Waals surface area contributed by atoms with Crippen LogP contribution in [0.25, 0.3) is 0 Å². The highest BCUT2D eigenvalue weighted by Gasteiger charge is 2.52. The molecule has 0 spiro atoms. The molecule has 0 aromatic rings. The van der Waals surface area contributed by atoms with E-state index in [0.717, 1.165) is 5.06 Å². The fourth-order valence-corrected chi connectivity index (χ4v) is 8.42. The quantitative estimate of drug-likeness (QED) is 0.269. The van der Waals surface area contributed by atoms with Crippen molar-refractivity contribution in [3.8, 4) is 0 Å². The summed E-state index contributed by atoms with van der Waals surface area (Å²) in [6.07, 6.45) is -6.75. The van der Waals surface area contributed by atoms with Crippen LogP contribution in [-0.4, -0.2) is 156 Å². The van der Waals surface area contributed by atoms with Gasteiger partial charge in [-0.05, 0) is 87.7 Å². The van der Waals surface area contributed by atoms with Gasteiger partial charge in [0.05, 0.1) is 59.7 Å². The van der Waals surface area contributed by atoms with Crippen LogP contribution in [-0.2, 0) is 38.0 Å². The Morgan fingerprint density at radius 1 is 0.882 bits per heavy atom. The largest absolute Gasteiger partial charge is 0.460 e. The van der Waals surface area contributed by atoms with Crippen molar-refractivity contribution in [2.45, 2.75) is 186 Å². The number of aliphatic hydroxyl groups is 3. The van der Waals surface area contributed by atoms with Crippen LogP contribution in [0.1, 0.15) is 94.9 Å². The standard InChI is InChI=1S/C37H70N2O12/c1-15-27-23(6)39(44)24(7)29(40)19(2)17-37(10,46-14)33(51-35-30(41)26(38(11)12)16-20(3)47-35)21(4)31(22(5)34(43)49-27)50-28-18-36(9,45-13)32(42)25(8)48-28/h19-33,35,40-42,44H,15-18H2,1-14H3/t19-,20-,21+,22-,23?,24+,25+,26+,27-,28+,29+,30-,31+,32+,33-,35+,36-,37+/m1/s1. The predicted molar refractivity (Wildman–Crippen MR) is 189 cm³/mol. The summed E-state index contributed by atoms with van der Waals surface area (Å²) in [5, 5.41) is 46.5. The van der Waals surface area contributed by atoms with Crippen molar-refractivity contribution in [3.05, 3.63) is 0 Å². The second kappa shape index (κ2) is 18.1. The molecule has 18 atom stereocenters. The molecule has 0 amide bonds. The fourth-order valence-electron chi connectivity index (χ4n) is 8.42. The Bertz CT molecular complexity index is 1100. The van der Waals surface area contributed by atoms with Crippen LogP contribution < -0.4 is 0 Å². The van der Waals surface area contributed by atoms with E-state index >= 15 is 0 Å². The lowest BCUT2D eigenvalue weighted by atomic mass is 9.76. The summed E-state index contributed by atoms with van der Waals surface area (Å²) in [5.74, 6) is -2.47. The number of carbonyl (C=O) groups excluding carboxylic acids is 1. The molecule has 51 heavy (non-hydrogen) atoms. The van der Waals surface area contributed by atoms with E-state index in [4.69, 9.17) is 33.2 Å². The number of nitrogens with zero attached hydrogens (tertiary/aromatic N) is 2. The van der Waals surface area contributed by atoms with Gasteiger partial charge in [-0.3, -0.25) is 4.79 Å². The normalized spacial score (nSPS) is 48.6. The molecule has 0 saturated carbocycles. The number of cyclic esters (lactones) is 1. The number of carbonyl (C=O) groups is 1. The van der Waals surface area contributed by atoms with Crippen LogP contribution in [0.4, 0.5) is 0 Å². The molecule has 0 radical (unpaired) electrons. The van der Waals surface area contributed by atoms with Gasteiger partial charge in [-0.1, -0.05) is 20.8 Å². The van der Waals surface area contributed by atoms with Crippen LogP contribution in [0, 0.1) is 17.8 Å². The van der Waals surface area contributed by atoms with Gasteiger partial charge in [0.2, 0.25) is 0 Å². The Labute approximate surface area is 305 Å². The summed E-state index contributed by atoms with van der Waals surface area (Å²) in [4.78, 5) is 16.1. The molecule has 0 aromatic heterocycles. The lowest BCUT2D eigenvalue weighted by Gasteiger charge is -2.50. The van der Waals surface area contributed by atoms with Gasteiger partial charge in [0, 0.05) is 32.6 Å². The molecule has 3 rings (SSSR count). The molecule has 300 valence electrons. The summed E-state index contributed by atoms with van der Waals surface area (Å²) in [6.45, 7) is 18.2. The highest BCUT2D eigenvalue weighted by Crippen LogP contribution is 2.41. The lowest BCUT2D eigenvalue weighted by molar-refractivity contribution is -0.320. The van der Waals surface area contributed by atoms with Crippen LogP contribution in [0.15, 0.2) is 0 Å². The molecule has 0 aromatic carbocycles. The van der Waals surface area contributed by atoms with Gasteiger partial charge in [0.25, 0.3) is 0 Å². The summed E-state index contributed by atoms with van der Waals surface area (Å²) < 4.78 is 44.2. The molecule has 14 heteroatoms. The topological polar surface area (TPSA) is 169 Å².